The fourth-order valence-electron chi connectivity index (χ4n) is 7.84. The minimum Gasteiger partial charge on any atom is -0.505 e. The Labute approximate surface area is 372 Å². The van der Waals surface area contributed by atoms with Crippen LogP contribution in [0.3, 0.4) is 0 Å². The molecule has 0 radical (unpaired) electrons. The van der Waals surface area contributed by atoms with E-state index in [1.165, 1.54) is 58.5 Å². The molecule has 0 saturated carbocycles. The standard InChI is InChI=1S/C44H62N8O12/c1-23(2)18-29-42(61)52-20-28(54)19-31(52)43(62)49(7)21-33(56)50(8)36(25(5)24(3)4)40(59)47-30(22-53)41(60)51(9)37(27-14-11-10-12-15-27)44(63)64-26(6)34(38(57)46-29)48-39(58)35-32(55)16-13-17-45-35/h10-17,23-26,28-31,34,36-37,53-55H,18-22H2,1-9H3,(H,46,57)(H,47,59)(H,48,58)/t25?,26-,28-,29+,30+,31+,34+,36+,37+/m1/s1. The summed E-state index contributed by atoms with van der Waals surface area (Å²) in [4.78, 5) is 122. The lowest BCUT2D eigenvalue weighted by atomic mass is 9.88. The molecule has 4 rings (SSSR count). The number of carbonyl (C=O) groups is 8. The van der Waals surface area contributed by atoms with Gasteiger partial charge in [0, 0.05) is 40.3 Å². The van der Waals surface area contributed by atoms with Gasteiger partial charge in [-0.1, -0.05) is 65.0 Å². The molecule has 1 unspecified atom stereocenters. The molecule has 3 heterocycles. The zero-order valence-electron chi connectivity index (χ0n) is 37.8. The third-order valence-corrected chi connectivity index (χ3v) is 11.8. The normalized spacial score (nSPS) is 26.8. The van der Waals surface area contributed by atoms with Gasteiger partial charge in [0.05, 0.1) is 19.3 Å². The number of hydrogen-bond donors (Lipinski definition) is 6. The smallest absolute Gasteiger partial charge is 0.333 e. The maximum atomic E-state index is 14.5. The van der Waals surface area contributed by atoms with Gasteiger partial charge in [0.2, 0.25) is 35.4 Å². The van der Waals surface area contributed by atoms with E-state index in [9.17, 15) is 53.7 Å². The first-order valence-corrected chi connectivity index (χ1v) is 21.3. The summed E-state index contributed by atoms with van der Waals surface area (Å²) < 4.78 is 5.88. The van der Waals surface area contributed by atoms with Gasteiger partial charge in [-0.15, -0.1) is 0 Å². The van der Waals surface area contributed by atoms with Crippen LogP contribution in [0.25, 0.3) is 0 Å². The molecule has 9 atom stereocenters. The molecule has 1 aromatic carbocycles. The Balaban J connectivity index is 1.88. The van der Waals surface area contributed by atoms with Crippen molar-refractivity contribution >= 4 is 47.3 Å². The molecular weight excluding hydrogens is 833 g/mol. The molecular formula is C44H62N8O12. The third-order valence-electron chi connectivity index (χ3n) is 11.8. The van der Waals surface area contributed by atoms with E-state index in [-0.39, 0.29) is 36.8 Å². The molecule has 2 aliphatic rings. The van der Waals surface area contributed by atoms with Crippen LogP contribution in [0.4, 0.5) is 0 Å². The van der Waals surface area contributed by atoms with E-state index >= 15 is 0 Å². The first-order chi connectivity index (χ1) is 30.1. The first kappa shape index (κ1) is 50.5. The molecule has 64 heavy (non-hydrogen) atoms. The number of hydrogen-bond acceptors (Lipinski definition) is 13. The SMILES string of the molecule is CC(C)C[C@@H]1NC(=O)[C@@H](NC(=O)c2ncccc2O)[C@@H](C)OC(=O)[C@H](c2ccccc2)N(C)C(=O)[C@H](CO)NC(=O)[C@H](C(C)C(C)C)N(C)C(=O)CN(C)C(=O)[C@@H]2C[C@@H](O)CN2C1=O. The molecule has 2 saturated heterocycles. The Morgan fingerprint density at radius 1 is 0.875 bits per heavy atom. The zero-order valence-corrected chi connectivity index (χ0v) is 37.8. The summed E-state index contributed by atoms with van der Waals surface area (Å²) in [6, 6.07) is 1.65. The minimum absolute atomic E-state index is 0.0135. The number of esters is 1. The summed E-state index contributed by atoms with van der Waals surface area (Å²) in [6.45, 7) is 8.47. The van der Waals surface area contributed by atoms with E-state index in [0.717, 1.165) is 19.6 Å². The summed E-state index contributed by atoms with van der Waals surface area (Å²) in [5.74, 6) is -8.52. The summed E-state index contributed by atoms with van der Waals surface area (Å²) >= 11 is 0. The molecule has 6 N–H and O–H groups in total. The van der Waals surface area contributed by atoms with Crippen LogP contribution in [0.5, 0.6) is 5.75 Å². The number of likely N-dealkylation sites (N-methyl/N-ethyl adjacent to an activating group) is 3. The van der Waals surface area contributed by atoms with E-state index in [1.807, 2.05) is 13.8 Å². The molecule has 20 nitrogen and oxygen atoms in total. The van der Waals surface area contributed by atoms with Crippen molar-refractivity contribution in [3.63, 3.8) is 0 Å². The summed E-state index contributed by atoms with van der Waals surface area (Å²) in [7, 11) is 3.95. The zero-order chi connectivity index (χ0) is 47.7. The van der Waals surface area contributed by atoms with Crippen molar-refractivity contribution in [3.8, 4) is 5.75 Å². The number of ether oxygens (including phenoxy) is 1. The Kier molecular flexibility index (Phi) is 17.3. The van der Waals surface area contributed by atoms with Gasteiger partial charge in [0.25, 0.3) is 5.91 Å². The molecule has 350 valence electrons. The van der Waals surface area contributed by atoms with Gasteiger partial charge >= 0.3 is 5.97 Å². The van der Waals surface area contributed by atoms with Crippen molar-refractivity contribution < 1.29 is 58.4 Å². The quantitative estimate of drug-likeness (QED) is 0.184. The molecule has 2 aliphatic heterocycles. The maximum absolute atomic E-state index is 14.5. The molecule has 0 aliphatic carbocycles. The number of amides is 7. The Morgan fingerprint density at radius 2 is 1.52 bits per heavy atom. The van der Waals surface area contributed by atoms with Gasteiger partial charge in [-0.05, 0) is 48.8 Å². The van der Waals surface area contributed by atoms with Crippen molar-refractivity contribution in [1.82, 2.24) is 40.5 Å². The van der Waals surface area contributed by atoms with Crippen LogP contribution in [0, 0.1) is 17.8 Å². The topological polar surface area (TPSA) is 268 Å². The summed E-state index contributed by atoms with van der Waals surface area (Å²) in [6.07, 6.45) is -1.65. The minimum atomic E-state index is -1.78. The van der Waals surface area contributed by atoms with Gasteiger partial charge in [0.15, 0.2) is 11.7 Å². The van der Waals surface area contributed by atoms with Gasteiger partial charge in [-0.2, -0.15) is 0 Å². The number of nitrogens with zero attached hydrogens (tertiary/aromatic N) is 5. The van der Waals surface area contributed by atoms with E-state index in [2.05, 4.69) is 20.9 Å². The average Bonchev–Trinajstić information content (AvgIpc) is 3.64. The van der Waals surface area contributed by atoms with Crippen LogP contribution < -0.4 is 16.0 Å². The summed E-state index contributed by atoms with van der Waals surface area (Å²) in [5.41, 5.74) is -0.241. The second-order valence-corrected chi connectivity index (χ2v) is 17.3. The molecule has 20 heteroatoms. The number of aromatic hydroxyl groups is 1. The van der Waals surface area contributed by atoms with Gasteiger partial charge in [0.1, 0.15) is 42.1 Å². The van der Waals surface area contributed by atoms with Gasteiger partial charge in [-0.3, -0.25) is 33.6 Å². The number of aromatic nitrogens is 1. The number of rotatable bonds is 8. The number of cyclic esters (lactones) is 1. The lowest BCUT2D eigenvalue weighted by molar-refractivity contribution is -0.161. The van der Waals surface area contributed by atoms with Crippen LogP contribution in [0.1, 0.15) is 76.5 Å². The van der Waals surface area contributed by atoms with Crippen molar-refractivity contribution in [2.75, 3.05) is 40.8 Å². The largest absolute Gasteiger partial charge is 0.505 e. The van der Waals surface area contributed by atoms with Crippen LogP contribution in [0.2, 0.25) is 0 Å². The molecule has 7 amide bonds. The van der Waals surface area contributed by atoms with E-state index < -0.39 is 126 Å². The number of aliphatic hydroxyl groups excluding tert-OH is 2. The van der Waals surface area contributed by atoms with Crippen LogP contribution >= 0.6 is 0 Å². The Hall–Kier alpha value is -6.15. The van der Waals surface area contributed by atoms with E-state index in [1.54, 1.807) is 39.0 Å². The van der Waals surface area contributed by atoms with Crippen LogP contribution in [-0.4, -0.2) is 170 Å². The Bertz CT molecular complexity index is 2040. The molecule has 2 fully saturated rings. The lowest BCUT2D eigenvalue weighted by Gasteiger charge is -2.37. The predicted octanol–water partition coefficient (Wildman–Crippen LogP) is -0.422. The number of carbonyl (C=O) groups excluding carboxylic acids is 8. The molecule has 0 bridgehead atoms. The van der Waals surface area contributed by atoms with Crippen molar-refractivity contribution in [2.24, 2.45) is 17.8 Å². The summed E-state index contributed by atoms with van der Waals surface area (Å²) in [5, 5.41) is 39.4. The first-order valence-electron chi connectivity index (χ1n) is 21.3. The number of benzene rings is 1. The number of pyridine rings is 1. The van der Waals surface area contributed by atoms with Gasteiger partial charge < -0.3 is 55.6 Å². The monoisotopic (exact) mass is 894 g/mol. The fourth-order valence-corrected chi connectivity index (χ4v) is 7.84. The number of fused-ring (bicyclic) bond motifs is 1. The highest BCUT2D eigenvalue weighted by molar-refractivity contribution is 6.00. The Morgan fingerprint density at radius 3 is 2.11 bits per heavy atom. The van der Waals surface area contributed by atoms with E-state index in [0.29, 0.717) is 0 Å². The highest BCUT2D eigenvalue weighted by atomic mass is 16.5. The predicted molar refractivity (Wildman–Crippen MR) is 229 cm³/mol. The lowest BCUT2D eigenvalue weighted by Crippen LogP contribution is -2.61. The molecule has 2 aromatic rings. The second-order valence-electron chi connectivity index (χ2n) is 17.3. The average molecular weight is 895 g/mol. The van der Waals surface area contributed by atoms with Crippen molar-refractivity contribution in [2.45, 2.75) is 103 Å². The molecule has 1 aromatic heterocycles. The van der Waals surface area contributed by atoms with Crippen LogP contribution in [0.15, 0.2) is 48.7 Å². The number of nitrogens with one attached hydrogen (secondary N) is 3. The van der Waals surface area contributed by atoms with Crippen molar-refractivity contribution in [3.05, 3.63) is 59.9 Å². The van der Waals surface area contributed by atoms with Crippen molar-refractivity contribution in [1.29, 1.82) is 0 Å². The highest BCUT2D eigenvalue weighted by Gasteiger charge is 2.45. The number of aliphatic hydroxyl groups is 2. The fraction of sp³-hybridized carbons (Fsp3) is 0.568. The molecule has 0 spiro atoms. The maximum Gasteiger partial charge on any atom is 0.333 e. The second kappa shape index (κ2) is 22.0. The highest BCUT2D eigenvalue weighted by Crippen LogP contribution is 2.26. The van der Waals surface area contributed by atoms with Crippen LogP contribution in [-0.2, 0) is 38.3 Å². The third kappa shape index (κ3) is 11.9. The van der Waals surface area contributed by atoms with E-state index in [4.69, 9.17) is 4.74 Å². The van der Waals surface area contributed by atoms with Gasteiger partial charge in [-0.25, -0.2) is 9.78 Å².